The molecular formula is C15H22FNO2. The van der Waals surface area contributed by atoms with Crippen molar-refractivity contribution >= 4 is 0 Å². The Morgan fingerprint density at radius 2 is 2.21 bits per heavy atom. The summed E-state index contributed by atoms with van der Waals surface area (Å²) in [5.41, 5.74) is 0.273. The summed E-state index contributed by atoms with van der Waals surface area (Å²) in [7, 11) is 3.38. The monoisotopic (exact) mass is 267 g/mol. The topological polar surface area (TPSA) is 30.5 Å². The number of ether oxygens (including phenoxy) is 2. The summed E-state index contributed by atoms with van der Waals surface area (Å²) < 4.78 is 25.2. The fraction of sp³-hybridized carbons (Fsp3) is 0.600. The summed E-state index contributed by atoms with van der Waals surface area (Å²) in [6, 6.07) is 4.83. The van der Waals surface area contributed by atoms with Crippen LogP contribution >= 0.6 is 0 Å². The number of halogens is 1. The standard InChI is InChI=1S/C15H22FNO2/c1-15(8-4-5-9-19-15)14(17-2)12-7-6-11(18-3)10-13(12)16/h6-7,10,14,17H,4-5,8-9H2,1-3H3. The summed E-state index contributed by atoms with van der Waals surface area (Å²) in [4.78, 5) is 0. The predicted molar refractivity (Wildman–Crippen MR) is 73.0 cm³/mol. The molecule has 2 unspecified atom stereocenters. The fourth-order valence-corrected chi connectivity index (χ4v) is 2.84. The number of hydrogen-bond donors (Lipinski definition) is 1. The van der Waals surface area contributed by atoms with E-state index in [1.807, 2.05) is 7.05 Å². The van der Waals surface area contributed by atoms with E-state index in [1.54, 1.807) is 12.1 Å². The van der Waals surface area contributed by atoms with Gasteiger partial charge in [-0.25, -0.2) is 4.39 Å². The van der Waals surface area contributed by atoms with E-state index in [0.29, 0.717) is 11.3 Å². The number of benzene rings is 1. The third kappa shape index (κ3) is 2.90. The minimum atomic E-state index is -0.359. The summed E-state index contributed by atoms with van der Waals surface area (Å²) in [6.45, 7) is 2.80. The first-order valence-electron chi connectivity index (χ1n) is 6.75. The Labute approximate surface area is 114 Å². The van der Waals surface area contributed by atoms with Crippen molar-refractivity contribution < 1.29 is 13.9 Å². The van der Waals surface area contributed by atoms with Crippen molar-refractivity contribution in [2.45, 2.75) is 37.8 Å². The summed E-state index contributed by atoms with van der Waals surface area (Å²) >= 11 is 0. The van der Waals surface area contributed by atoms with Crippen molar-refractivity contribution in [3.05, 3.63) is 29.6 Å². The molecular weight excluding hydrogens is 245 g/mol. The van der Waals surface area contributed by atoms with Crippen LogP contribution in [0.3, 0.4) is 0 Å². The molecule has 4 heteroatoms. The highest BCUT2D eigenvalue weighted by Gasteiger charge is 2.38. The first-order chi connectivity index (χ1) is 9.10. The minimum absolute atomic E-state index is 0.154. The normalized spacial score (nSPS) is 25.1. The second kappa shape index (κ2) is 5.88. The lowest BCUT2D eigenvalue weighted by Gasteiger charge is -2.40. The van der Waals surface area contributed by atoms with E-state index in [9.17, 15) is 4.39 Å². The Hall–Kier alpha value is -1.13. The molecule has 1 saturated heterocycles. The van der Waals surface area contributed by atoms with Crippen LogP contribution in [0.5, 0.6) is 5.75 Å². The van der Waals surface area contributed by atoms with Crippen molar-refractivity contribution in [1.82, 2.24) is 5.32 Å². The summed E-state index contributed by atoms with van der Waals surface area (Å²) in [6.07, 6.45) is 3.13. The molecule has 1 heterocycles. The number of likely N-dealkylation sites (N-methyl/N-ethyl adjacent to an activating group) is 1. The highest BCUT2D eigenvalue weighted by Crippen LogP contribution is 2.37. The van der Waals surface area contributed by atoms with Crippen molar-refractivity contribution in [3.63, 3.8) is 0 Å². The Bertz CT molecular complexity index is 430. The van der Waals surface area contributed by atoms with Crippen LogP contribution in [0.2, 0.25) is 0 Å². The highest BCUT2D eigenvalue weighted by molar-refractivity contribution is 5.32. The van der Waals surface area contributed by atoms with Gasteiger partial charge >= 0.3 is 0 Å². The number of hydrogen-bond acceptors (Lipinski definition) is 3. The van der Waals surface area contributed by atoms with Gasteiger partial charge in [-0.1, -0.05) is 6.07 Å². The van der Waals surface area contributed by atoms with Gasteiger partial charge in [0.1, 0.15) is 11.6 Å². The SMILES string of the molecule is CNC(c1ccc(OC)cc1F)C1(C)CCCCO1. The largest absolute Gasteiger partial charge is 0.497 e. The van der Waals surface area contributed by atoms with E-state index in [1.165, 1.54) is 13.2 Å². The Balaban J connectivity index is 2.30. The van der Waals surface area contributed by atoms with Crippen LogP contribution in [-0.2, 0) is 4.74 Å². The molecule has 0 amide bonds. The van der Waals surface area contributed by atoms with Gasteiger partial charge in [0, 0.05) is 18.2 Å². The zero-order valence-electron chi connectivity index (χ0n) is 11.8. The van der Waals surface area contributed by atoms with E-state index in [4.69, 9.17) is 9.47 Å². The lowest BCUT2D eigenvalue weighted by molar-refractivity contribution is -0.0890. The molecule has 0 bridgehead atoms. The van der Waals surface area contributed by atoms with E-state index >= 15 is 0 Å². The van der Waals surface area contributed by atoms with Gasteiger partial charge in [-0.15, -0.1) is 0 Å². The molecule has 1 fully saturated rings. The van der Waals surface area contributed by atoms with Gasteiger partial charge in [-0.3, -0.25) is 0 Å². The molecule has 1 aliphatic rings. The van der Waals surface area contributed by atoms with Gasteiger partial charge in [-0.2, -0.15) is 0 Å². The molecule has 19 heavy (non-hydrogen) atoms. The molecule has 1 aromatic carbocycles. The molecule has 0 radical (unpaired) electrons. The van der Waals surface area contributed by atoms with Crippen LogP contribution in [0.15, 0.2) is 18.2 Å². The van der Waals surface area contributed by atoms with Crippen molar-refractivity contribution in [2.24, 2.45) is 0 Å². The van der Waals surface area contributed by atoms with Gasteiger partial charge in [0.05, 0.1) is 18.8 Å². The van der Waals surface area contributed by atoms with Gasteiger partial charge in [0.25, 0.3) is 0 Å². The predicted octanol–water partition coefficient (Wildman–Crippen LogP) is 3.05. The third-order valence-electron chi connectivity index (χ3n) is 3.92. The van der Waals surface area contributed by atoms with Crippen LogP contribution in [0.1, 0.15) is 37.8 Å². The lowest BCUT2D eigenvalue weighted by Crippen LogP contribution is -2.45. The highest BCUT2D eigenvalue weighted by atomic mass is 19.1. The first-order valence-corrected chi connectivity index (χ1v) is 6.75. The van der Waals surface area contributed by atoms with Gasteiger partial charge < -0.3 is 14.8 Å². The van der Waals surface area contributed by atoms with E-state index in [-0.39, 0.29) is 17.5 Å². The maximum absolute atomic E-state index is 14.2. The molecule has 0 spiro atoms. The number of nitrogens with one attached hydrogen (secondary N) is 1. The maximum atomic E-state index is 14.2. The molecule has 1 aromatic rings. The van der Waals surface area contributed by atoms with Crippen molar-refractivity contribution in [3.8, 4) is 5.75 Å². The first kappa shape index (κ1) is 14.3. The molecule has 106 valence electrons. The summed E-state index contributed by atoms with van der Waals surface area (Å²) in [5.74, 6) is 0.278. The summed E-state index contributed by atoms with van der Waals surface area (Å²) in [5, 5.41) is 3.20. The fourth-order valence-electron chi connectivity index (χ4n) is 2.84. The average molecular weight is 267 g/mol. The molecule has 2 atom stereocenters. The number of methoxy groups -OCH3 is 1. The molecule has 0 aliphatic carbocycles. The van der Waals surface area contributed by atoms with Crippen LogP contribution in [0.4, 0.5) is 4.39 Å². The smallest absolute Gasteiger partial charge is 0.131 e. The second-order valence-electron chi connectivity index (χ2n) is 5.23. The van der Waals surface area contributed by atoms with Crippen LogP contribution in [0, 0.1) is 5.82 Å². The van der Waals surface area contributed by atoms with Gasteiger partial charge in [0.2, 0.25) is 0 Å². The third-order valence-corrected chi connectivity index (χ3v) is 3.92. The zero-order chi connectivity index (χ0) is 13.9. The Morgan fingerprint density at radius 3 is 2.74 bits per heavy atom. The molecule has 0 aromatic heterocycles. The zero-order valence-corrected chi connectivity index (χ0v) is 11.8. The van der Waals surface area contributed by atoms with Crippen LogP contribution < -0.4 is 10.1 Å². The van der Waals surface area contributed by atoms with Crippen molar-refractivity contribution in [1.29, 1.82) is 0 Å². The number of rotatable bonds is 4. The van der Waals surface area contributed by atoms with Crippen molar-refractivity contribution in [2.75, 3.05) is 20.8 Å². The molecule has 2 rings (SSSR count). The van der Waals surface area contributed by atoms with Crippen LogP contribution in [0.25, 0.3) is 0 Å². The van der Waals surface area contributed by atoms with Crippen LogP contribution in [-0.4, -0.2) is 26.4 Å². The maximum Gasteiger partial charge on any atom is 0.131 e. The van der Waals surface area contributed by atoms with E-state index < -0.39 is 0 Å². The minimum Gasteiger partial charge on any atom is -0.497 e. The molecule has 1 aliphatic heterocycles. The Morgan fingerprint density at radius 1 is 1.42 bits per heavy atom. The average Bonchev–Trinajstić information content (AvgIpc) is 2.42. The molecule has 3 nitrogen and oxygen atoms in total. The quantitative estimate of drug-likeness (QED) is 0.909. The molecule has 1 N–H and O–H groups in total. The second-order valence-corrected chi connectivity index (χ2v) is 5.23. The van der Waals surface area contributed by atoms with Gasteiger partial charge in [-0.05, 0) is 39.3 Å². The lowest BCUT2D eigenvalue weighted by atomic mass is 9.84. The van der Waals surface area contributed by atoms with E-state index in [2.05, 4.69) is 12.2 Å². The van der Waals surface area contributed by atoms with E-state index in [0.717, 1.165) is 25.9 Å². The Kier molecular flexibility index (Phi) is 4.42. The van der Waals surface area contributed by atoms with Gasteiger partial charge in [0.15, 0.2) is 0 Å². The molecule has 0 saturated carbocycles.